The van der Waals surface area contributed by atoms with Crippen molar-refractivity contribution in [1.29, 1.82) is 0 Å². The first kappa shape index (κ1) is 13.3. The zero-order valence-corrected chi connectivity index (χ0v) is 11.9. The summed E-state index contributed by atoms with van der Waals surface area (Å²) in [5.41, 5.74) is 3.16. The van der Waals surface area contributed by atoms with E-state index in [1.54, 1.807) is 6.20 Å². The summed E-state index contributed by atoms with van der Waals surface area (Å²) in [7, 11) is 0. The average molecular weight is 276 g/mol. The maximum absolute atomic E-state index is 5.99. The van der Waals surface area contributed by atoms with Gasteiger partial charge in [-0.2, -0.15) is 5.10 Å². The van der Waals surface area contributed by atoms with Crippen LogP contribution in [0.25, 0.3) is 0 Å². The van der Waals surface area contributed by atoms with Crippen LogP contribution in [-0.4, -0.2) is 39.4 Å². The van der Waals surface area contributed by atoms with Crippen LogP contribution in [0.3, 0.4) is 0 Å². The maximum atomic E-state index is 5.99. The summed E-state index contributed by atoms with van der Waals surface area (Å²) >= 11 is 0. The normalized spacial score (nSPS) is 19.8. The molecule has 1 aliphatic heterocycles. The number of ether oxygens (including phenoxy) is 1. The molecule has 1 atom stereocenters. The number of nitrogens with one attached hydrogen (secondary N) is 1. The Labute approximate surface area is 118 Å². The molecule has 0 saturated carbocycles. The molecule has 108 valence electrons. The van der Waals surface area contributed by atoms with Gasteiger partial charge in [-0.15, -0.1) is 0 Å². The monoisotopic (exact) mass is 276 g/mol. The fourth-order valence-corrected chi connectivity index (χ4v) is 2.60. The third kappa shape index (κ3) is 2.91. The van der Waals surface area contributed by atoms with Crippen LogP contribution in [0.4, 0.5) is 0 Å². The van der Waals surface area contributed by atoms with E-state index in [0.717, 1.165) is 48.8 Å². The van der Waals surface area contributed by atoms with E-state index in [1.807, 2.05) is 19.9 Å². The zero-order chi connectivity index (χ0) is 13.9. The van der Waals surface area contributed by atoms with E-state index < -0.39 is 0 Å². The molecule has 0 aromatic carbocycles. The fourth-order valence-electron chi connectivity index (χ4n) is 2.60. The smallest absolute Gasteiger partial charge is 0.139 e. The van der Waals surface area contributed by atoms with Crippen LogP contribution in [0.2, 0.25) is 0 Å². The number of hydrogen-bond acceptors (Lipinski definition) is 5. The molecule has 2 aromatic heterocycles. The van der Waals surface area contributed by atoms with Crippen molar-refractivity contribution in [2.75, 3.05) is 13.1 Å². The summed E-state index contributed by atoms with van der Waals surface area (Å²) in [5, 5.41) is 10.9. The van der Waals surface area contributed by atoms with Crippen molar-refractivity contribution in [2.45, 2.75) is 39.5 Å². The molecule has 0 spiro atoms. The first-order valence-corrected chi connectivity index (χ1v) is 6.96. The van der Waals surface area contributed by atoms with Gasteiger partial charge in [-0.3, -0.25) is 10.00 Å². The molecular weight excluding hydrogens is 256 g/mol. The van der Waals surface area contributed by atoms with Gasteiger partial charge in [0.25, 0.3) is 0 Å². The van der Waals surface area contributed by atoms with Crippen LogP contribution in [0, 0.1) is 13.8 Å². The standard InChI is InChI=1S/C14H20N4O2/c1-10-14(11(2)20-17-10)9-19-13-4-6-18(8-13)7-12-3-5-15-16-12/h3,5,13H,4,6-9H2,1-2H3,(H,15,16). The van der Waals surface area contributed by atoms with Crippen molar-refractivity contribution in [1.82, 2.24) is 20.3 Å². The lowest BCUT2D eigenvalue weighted by molar-refractivity contribution is 0.0452. The number of rotatable bonds is 5. The maximum Gasteiger partial charge on any atom is 0.139 e. The highest BCUT2D eigenvalue weighted by molar-refractivity contribution is 5.19. The molecule has 2 aromatic rings. The highest BCUT2D eigenvalue weighted by Crippen LogP contribution is 2.19. The van der Waals surface area contributed by atoms with Crippen molar-refractivity contribution < 1.29 is 9.26 Å². The second-order valence-electron chi connectivity index (χ2n) is 5.34. The Morgan fingerprint density at radius 1 is 1.50 bits per heavy atom. The second-order valence-corrected chi connectivity index (χ2v) is 5.34. The lowest BCUT2D eigenvalue weighted by Crippen LogP contribution is -2.23. The zero-order valence-electron chi connectivity index (χ0n) is 11.9. The molecule has 6 heteroatoms. The quantitative estimate of drug-likeness (QED) is 0.902. The second kappa shape index (κ2) is 5.76. The summed E-state index contributed by atoms with van der Waals surface area (Å²) < 4.78 is 11.1. The summed E-state index contributed by atoms with van der Waals surface area (Å²) in [6, 6.07) is 2.01. The van der Waals surface area contributed by atoms with E-state index in [1.165, 1.54) is 0 Å². The molecule has 0 aliphatic carbocycles. The molecule has 0 amide bonds. The van der Waals surface area contributed by atoms with Crippen LogP contribution in [0.5, 0.6) is 0 Å². The summed E-state index contributed by atoms with van der Waals surface area (Å²) in [4.78, 5) is 2.38. The van der Waals surface area contributed by atoms with Crippen LogP contribution >= 0.6 is 0 Å². The highest BCUT2D eigenvalue weighted by atomic mass is 16.5. The summed E-state index contributed by atoms with van der Waals surface area (Å²) in [5.74, 6) is 0.856. The van der Waals surface area contributed by atoms with Crippen molar-refractivity contribution >= 4 is 0 Å². The SMILES string of the molecule is Cc1noc(C)c1COC1CCN(Cc2ccn[nH]2)C1. The van der Waals surface area contributed by atoms with Gasteiger partial charge in [0.1, 0.15) is 5.76 Å². The average Bonchev–Trinajstić information content (AvgIpc) is 3.14. The molecule has 1 aliphatic rings. The number of likely N-dealkylation sites (tertiary alicyclic amines) is 1. The highest BCUT2D eigenvalue weighted by Gasteiger charge is 2.24. The number of aryl methyl sites for hydroxylation is 2. The third-order valence-corrected chi connectivity index (χ3v) is 3.83. The molecule has 1 N–H and O–H groups in total. The largest absolute Gasteiger partial charge is 0.372 e. The summed E-state index contributed by atoms with van der Waals surface area (Å²) in [6.45, 7) is 7.40. The van der Waals surface area contributed by atoms with Gasteiger partial charge >= 0.3 is 0 Å². The van der Waals surface area contributed by atoms with Crippen LogP contribution in [0.1, 0.15) is 29.1 Å². The van der Waals surface area contributed by atoms with Crippen LogP contribution in [0.15, 0.2) is 16.8 Å². The van der Waals surface area contributed by atoms with E-state index in [-0.39, 0.29) is 6.10 Å². The van der Waals surface area contributed by atoms with E-state index >= 15 is 0 Å². The fraction of sp³-hybridized carbons (Fsp3) is 0.571. The minimum atomic E-state index is 0.284. The van der Waals surface area contributed by atoms with Crippen LogP contribution in [-0.2, 0) is 17.9 Å². The molecule has 20 heavy (non-hydrogen) atoms. The topological polar surface area (TPSA) is 67.2 Å². The van der Waals surface area contributed by atoms with Gasteiger partial charge in [-0.1, -0.05) is 5.16 Å². The van der Waals surface area contributed by atoms with E-state index in [9.17, 15) is 0 Å². The van der Waals surface area contributed by atoms with Crippen molar-refractivity contribution in [2.24, 2.45) is 0 Å². The van der Waals surface area contributed by atoms with Crippen molar-refractivity contribution in [3.63, 3.8) is 0 Å². The molecule has 6 nitrogen and oxygen atoms in total. The van der Waals surface area contributed by atoms with Crippen molar-refractivity contribution in [3.05, 3.63) is 35.0 Å². The van der Waals surface area contributed by atoms with E-state index in [0.29, 0.717) is 6.61 Å². The Bertz CT molecular complexity index is 530. The number of H-pyrrole nitrogens is 1. The first-order chi connectivity index (χ1) is 9.72. The van der Waals surface area contributed by atoms with Gasteiger partial charge in [-0.25, -0.2) is 0 Å². The Morgan fingerprint density at radius 3 is 3.10 bits per heavy atom. The lowest BCUT2D eigenvalue weighted by Gasteiger charge is -2.15. The number of aromatic nitrogens is 3. The molecule has 3 heterocycles. The molecule has 0 bridgehead atoms. The molecule has 0 radical (unpaired) electrons. The number of hydrogen-bond donors (Lipinski definition) is 1. The molecule has 3 rings (SSSR count). The van der Waals surface area contributed by atoms with E-state index in [2.05, 4.69) is 20.3 Å². The molecular formula is C14H20N4O2. The van der Waals surface area contributed by atoms with Gasteiger partial charge in [0.15, 0.2) is 0 Å². The minimum absolute atomic E-state index is 0.284. The van der Waals surface area contributed by atoms with Gasteiger partial charge in [-0.05, 0) is 26.3 Å². The van der Waals surface area contributed by atoms with E-state index in [4.69, 9.17) is 9.26 Å². The Hall–Kier alpha value is -1.66. The predicted octanol–water partition coefficient (Wildman–Crippen LogP) is 1.81. The van der Waals surface area contributed by atoms with Crippen molar-refractivity contribution in [3.8, 4) is 0 Å². The lowest BCUT2D eigenvalue weighted by atomic mass is 10.2. The van der Waals surface area contributed by atoms with Crippen LogP contribution < -0.4 is 0 Å². The number of aromatic amines is 1. The van der Waals surface area contributed by atoms with Gasteiger partial charge < -0.3 is 9.26 Å². The minimum Gasteiger partial charge on any atom is -0.372 e. The Morgan fingerprint density at radius 2 is 2.40 bits per heavy atom. The van der Waals surface area contributed by atoms with Gasteiger partial charge in [0.05, 0.1) is 18.4 Å². The van der Waals surface area contributed by atoms with Gasteiger partial charge in [0, 0.05) is 37.1 Å². The molecule has 1 unspecified atom stereocenters. The third-order valence-electron chi connectivity index (χ3n) is 3.83. The Kier molecular flexibility index (Phi) is 3.84. The molecule has 1 saturated heterocycles. The summed E-state index contributed by atoms with van der Waals surface area (Å²) in [6.07, 6.45) is 3.14. The van der Waals surface area contributed by atoms with Gasteiger partial charge in [0.2, 0.25) is 0 Å². The first-order valence-electron chi connectivity index (χ1n) is 6.96. The number of nitrogens with zero attached hydrogens (tertiary/aromatic N) is 3. The molecule has 1 fully saturated rings. The Balaban J connectivity index is 1.48. The predicted molar refractivity (Wildman–Crippen MR) is 73.0 cm³/mol.